The van der Waals surface area contributed by atoms with Crippen LogP contribution >= 0.6 is 0 Å². The Bertz CT molecular complexity index is 615. The maximum Gasteiger partial charge on any atom is 0.573 e. The molecule has 1 atom stereocenters. The van der Waals surface area contributed by atoms with Gasteiger partial charge in [0.2, 0.25) is 0 Å². The van der Waals surface area contributed by atoms with E-state index in [-0.39, 0.29) is 24.7 Å². The number of carbonyl (C=O) groups is 1. The molecular formula is C18H23F3N2O2. The number of halogens is 3. The number of hydrogen-bond donors (Lipinski definition) is 2. The fraction of sp³-hybridized carbons (Fsp3) is 0.611. The summed E-state index contributed by atoms with van der Waals surface area (Å²) in [6, 6.07) is 5.70. The SMILES string of the molecule is O=C(NCCc1ccccc1OC(F)(F)F)NCC1CCC2(CC2)C1. The van der Waals surface area contributed by atoms with Gasteiger partial charge >= 0.3 is 12.4 Å². The van der Waals surface area contributed by atoms with Crippen molar-refractivity contribution >= 4 is 6.03 Å². The summed E-state index contributed by atoms with van der Waals surface area (Å²) in [6.45, 7) is 0.917. The number of nitrogens with one attached hydrogen (secondary N) is 2. The molecule has 1 aromatic carbocycles. The molecule has 2 aliphatic carbocycles. The minimum Gasteiger partial charge on any atom is -0.406 e. The Morgan fingerprint density at radius 2 is 1.96 bits per heavy atom. The van der Waals surface area contributed by atoms with Crippen LogP contribution in [0.25, 0.3) is 0 Å². The Morgan fingerprint density at radius 3 is 2.64 bits per heavy atom. The Balaban J connectivity index is 1.38. The summed E-state index contributed by atoms with van der Waals surface area (Å²) in [5.41, 5.74) is 0.997. The first kappa shape index (κ1) is 17.9. The lowest BCUT2D eigenvalue weighted by Gasteiger charge is -2.14. The van der Waals surface area contributed by atoms with E-state index in [0.717, 1.165) is 0 Å². The van der Waals surface area contributed by atoms with E-state index in [4.69, 9.17) is 0 Å². The molecule has 2 aliphatic rings. The summed E-state index contributed by atoms with van der Waals surface area (Å²) >= 11 is 0. The van der Waals surface area contributed by atoms with Gasteiger partial charge in [0.25, 0.3) is 0 Å². The molecular weight excluding hydrogens is 333 g/mol. The third-order valence-corrected chi connectivity index (χ3v) is 5.19. The molecule has 7 heteroatoms. The number of amides is 2. The molecule has 2 N–H and O–H groups in total. The highest BCUT2D eigenvalue weighted by Crippen LogP contribution is 2.59. The van der Waals surface area contributed by atoms with Gasteiger partial charge in [-0.1, -0.05) is 18.2 Å². The van der Waals surface area contributed by atoms with Crippen molar-refractivity contribution in [2.45, 2.75) is 44.9 Å². The molecule has 1 unspecified atom stereocenters. The monoisotopic (exact) mass is 356 g/mol. The van der Waals surface area contributed by atoms with Gasteiger partial charge in [0.05, 0.1) is 0 Å². The standard InChI is InChI=1S/C18H23F3N2O2/c19-18(20,21)25-15-4-2-1-3-14(15)6-10-22-16(24)23-12-13-5-7-17(11-13)8-9-17/h1-4,13H,5-12H2,(H2,22,23,24). The average Bonchev–Trinajstić information content (AvgIpc) is 3.16. The number of ether oxygens (including phenoxy) is 1. The molecule has 0 aromatic heterocycles. The van der Waals surface area contributed by atoms with E-state index in [1.54, 1.807) is 12.1 Å². The van der Waals surface area contributed by atoms with Gasteiger partial charge in [-0.15, -0.1) is 13.2 Å². The van der Waals surface area contributed by atoms with Crippen LogP contribution in [-0.4, -0.2) is 25.5 Å². The predicted octanol–water partition coefficient (Wildman–Crippen LogP) is 4.01. The fourth-order valence-electron chi connectivity index (χ4n) is 3.68. The zero-order valence-electron chi connectivity index (χ0n) is 14.0. The molecule has 3 rings (SSSR count). The maximum absolute atomic E-state index is 12.4. The normalized spacial score (nSPS) is 21.2. The van der Waals surface area contributed by atoms with E-state index in [9.17, 15) is 18.0 Å². The van der Waals surface area contributed by atoms with Crippen LogP contribution in [0.5, 0.6) is 5.75 Å². The van der Waals surface area contributed by atoms with Gasteiger partial charge in [-0.3, -0.25) is 0 Å². The zero-order chi connectivity index (χ0) is 17.9. The van der Waals surface area contributed by atoms with Gasteiger partial charge in [-0.05, 0) is 61.5 Å². The smallest absolute Gasteiger partial charge is 0.406 e. The third-order valence-electron chi connectivity index (χ3n) is 5.19. The van der Waals surface area contributed by atoms with Crippen molar-refractivity contribution in [2.75, 3.05) is 13.1 Å². The number of hydrogen-bond acceptors (Lipinski definition) is 2. The molecule has 0 aliphatic heterocycles. The van der Waals surface area contributed by atoms with E-state index in [0.29, 0.717) is 23.4 Å². The molecule has 0 bridgehead atoms. The van der Waals surface area contributed by atoms with Crippen LogP contribution in [0.4, 0.5) is 18.0 Å². The molecule has 1 aromatic rings. The topological polar surface area (TPSA) is 50.4 Å². The van der Waals surface area contributed by atoms with Crippen molar-refractivity contribution in [3.63, 3.8) is 0 Å². The van der Waals surface area contributed by atoms with Gasteiger partial charge in [-0.25, -0.2) is 4.79 Å². The maximum atomic E-state index is 12.4. The first-order valence-electron chi connectivity index (χ1n) is 8.71. The first-order chi connectivity index (χ1) is 11.9. The average molecular weight is 356 g/mol. The van der Waals surface area contributed by atoms with Crippen LogP contribution in [0.3, 0.4) is 0 Å². The van der Waals surface area contributed by atoms with Gasteiger partial charge in [0.1, 0.15) is 5.75 Å². The number of alkyl halides is 3. The number of rotatable bonds is 6. The van der Waals surface area contributed by atoms with Crippen LogP contribution in [-0.2, 0) is 6.42 Å². The molecule has 2 fully saturated rings. The summed E-state index contributed by atoms with van der Waals surface area (Å²) < 4.78 is 41.1. The Hall–Kier alpha value is -1.92. The van der Waals surface area contributed by atoms with Gasteiger partial charge in [0, 0.05) is 13.1 Å². The number of benzene rings is 1. The summed E-state index contributed by atoms with van der Waals surface area (Å²) in [7, 11) is 0. The molecule has 0 saturated heterocycles. The summed E-state index contributed by atoms with van der Waals surface area (Å²) in [5, 5.41) is 5.56. The van der Waals surface area contributed by atoms with Crippen LogP contribution in [0.2, 0.25) is 0 Å². The highest BCUT2D eigenvalue weighted by molar-refractivity contribution is 5.73. The fourth-order valence-corrected chi connectivity index (χ4v) is 3.68. The molecule has 1 spiro atoms. The van der Waals surface area contributed by atoms with Gasteiger partial charge in [-0.2, -0.15) is 0 Å². The van der Waals surface area contributed by atoms with Crippen LogP contribution in [0.15, 0.2) is 24.3 Å². The third kappa shape index (κ3) is 5.28. The number of carbonyl (C=O) groups excluding carboxylic acids is 1. The summed E-state index contributed by atoms with van der Waals surface area (Å²) in [5.74, 6) is 0.326. The van der Waals surface area contributed by atoms with E-state index < -0.39 is 6.36 Å². The Labute approximate surface area is 145 Å². The van der Waals surface area contributed by atoms with Crippen molar-refractivity contribution in [2.24, 2.45) is 11.3 Å². The highest BCUT2D eigenvalue weighted by Gasteiger charge is 2.47. The predicted molar refractivity (Wildman–Crippen MR) is 87.2 cm³/mol. The van der Waals surface area contributed by atoms with Gasteiger partial charge < -0.3 is 15.4 Å². The second kappa shape index (κ2) is 7.14. The molecule has 2 saturated carbocycles. The van der Waals surface area contributed by atoms with Gasteiger partial charge in [0.15, 0.2) is 0 Å². The largest absolute Gasteiger partial charge is 0.573 e. The van der Waals surface area contributed by atoms with Crippen molar-refractivity contribution in [1.82, 2.24) is 10.6 Å². The Morgan fingerprint density at radius 1 is 1.20 bits per heavy atom. The number of para-hydroxylation sites is 1. The van der Waals surface area contributed by atoms with Crippen molar-refractivity contribution in [1.29, 1.82) is 0 Å². The minimum atomic E-state index is -4.72. The van der Waals surface area contributed by atoms with E-state index in [1.807, 2.05) is 0 Å². The highest BCUT2D eigenvalue weighted by atomic mass is 19.4. The van der Waals surface area contributed by atoms with Crippen LogP contribution in [0, 0.1) is 11.3 Å². The lowest BCUT2D eigenvalue weighted by molar-refractivity contribution is -0.274. The van der Waals surface area contributed by atoms with Crippen LogP contribution < -0.4 is 15.4 Å². The molecule has 0 radical (unpaired) electrons. The second-order valence-corrected chi connectivity index (χ2v) is 7.15. The van der Waals surface area contributed by atoms with Crippen LogP contribution in [0.1, 0.15) is 37.7 Å². The van der Waals surface area contributed by atoms with Crippen molar-refractivity contribution in [3.05, 3.63) is 29.8 Å². The second-order valence-electron chi connectivity index (χ2n) is 7.15. The molecule has 4 nitrogen and oxygen atoms in total. The minimum absolute atomic E-state index is 0.224. The first-order valence-corrected chi connectivity index (χ1v) is 8.71. The molecule has 0 heterocycles. The molecule has 138 valence electrons. The van der Waals surface area contributed by atoms with Crippen molar-refractivity contribution < 1.29 is 22.7 Å². The summed E-state index contributed by atoms with van der Waals surface area (Å²) in [4.78, 5) is 11.8. The quantitative estimate of drug-likeness (QED) is 0.809. The van der Waals surface area contributed by atoms with E-state index in [1.165, 1.54) is 44.2 Å². The van der Waals surface area contributed by atoms with Crippen molar-refractivity contribution in [3.8, 4) is 5.75 Å². The number of urea groups is 1. The lowest BCUT2D eigenvalue weighted by atomic mass is 10.0. The summed E-state index contributed by atoms with van der Waals surface area (Å²) in [6.07, 6.45) is 1.85. The van der Waals surface area contributed by atoms with E-state index in [2.05, 4.69) is 15.4 Å². The lowest BCUT2D eigenvalue weighted by Crippen LogP contribution is -2.38. The Kier molecular flexibility index (Phi) is 5.11. The molecule has 25 heavy (non-hydrogen) atoms. The molecule has 2 amide bonds. The zero-order valence-corrected chi connectivity index (χ0v) is 14.0. The van der Waals surface area contributed by atoms with E-state index >= 15 is 0 Å².